The second kappa shape index (κ2) is 6.40. The molecule has 0 saturated heterocycles. The van der Waals surface area contributed by atoms with Crippen molar-refractivity contribution in [3.05, 3.63) is 35.5 Å². The third-order valence-electron chi connectivity index (χ3n) is 3.21. The lowest BCUT2D eigenvalue weighted by atomic mass is 10.1. The second-order valence-corrected chi connectivity index (χ2v) is 4.67. The van der Waals surface area contributed by atoms with Crippen LogP contribution < -0.4 is 10.1 Å². The van der Waals surface area contributed by atoms with Gasteiger partial charge in [-0.2, -0.15) is 0 Å². The van der Waals surface area contributed by atoms with Crippen molar-refractivity contribution in [2.45, 2.75) is 6.92 Å². The van der Waals surface area contributed by atoms with Gasteiger partial charge < -0.3 is 15.2 Å². The molecule has 1 aliphatic heterocycles. The number of imide groups is 1. The Labute approximate surface area is 127 Å². The van der Waals surface area contributed by atoms with Crippen molar-refractivity contribution in [1.82, 2.24) is 4.90 Å². The first-order valence-corrected chi connectivity index (χ1v) is 6.62. The van der Waals surface area contributed by atoms with E-state index in [2.05, 4.69) is 5.32 Å². The summed E-state index contributed by atoms with van der Waals surface area (Å²) in [4.78, 5) is 36.2. The molecule has 0 bridgehead atoms. The third-order valence-corrected chi connectivity index (χ3v) is 3.21. The summed E-state index contributed by atoms with van der Waals surface area (Å²) in [5.41, 5.74) is 0.929. The number of aliphatic hydroxyl groups excluding tert-OH is 1. The van der Waals surface area contributed by atoms with Crippen LogP contribution in [0.4, 0.5) is 5.69 Å². The van der Waals surface area contributed by atoms with E-state index in [0.717, 1.165) is 11.0 Å². The number of methoxy groups -OCH3 is 1. The number of carbonyl (C=O) groups excluding carboxylic acids is 3. The molecule has 0 saturated carbocycles. The Balaban J connectivity index is 2.29. The summed E-state index contributed by atoms with van der Waals surface area (Å²) in [5, 5.41) is 11.7. The van der Waals surface area contributed by atoms with Gasteiger partial charge in [-0.3, -0.25) is 19.3 Å². The number of nitrogens with one attached hydrogen (secondary N) is 1. The van der Waals surface area contributed by atoms with Gasteiger partial charge in [0.25, 0.3) is 11.8 Å². The number of anilines is 1. The SMILES string of the molecule is COc1ccc(C(C)=O)cc1NC1=CC(=O)N(CCO)C1=O. The van der Waals surface area contributed by atoms with Gasteiger partial charge in [0.1, 0.15) is 11.4 Å². The summed E-state index contributed by atoms with van der Waals surface area (Å²) in [5.74, 6) is -0.722. The topological polar surface area (TPSA) is 95.9 Å². The highest BCUT2D eigenvalue weighted by Gasteiger charge is 2.31. The fourth-order valence-electron chi connectivity index (χ4n) is 2.08. The van der Waals surface area contributed by atoms with Gasteiger partial charge in [-0.15, -0.1) is 0 Å². The molecule has 7 heteroatoms. The Kier molecular flexibility index (Phi) is 4.57. The smallest absolute Gasteiger partial charge is 0.277 e. The van der Waals surface area contributed by atoms with Crippen LogP contribution in [-0.2, 0) is 9.59 Å². The molecular weight excluding hydrogens is 288 g/mol. The Hall–Kier alpha value is -2.67. The number of Topliss-reactive ketones (excluding diaryl/α,β-unsaturated/α-hetero) is 1. The number of hydrogen-bond donors (Lipinski definition) is 2. The van der Waals surface area contributed by atoms with E-state index in [0.29, 0.717) is 17.0 Å². The molecule has 22 heavy (non-hydrogen) atoms. The molecule has 1 aromatic carbocycles. The van der Waals surface area contributed by atoms with Crippen molar-refractivity contribution >= 4 is 23.3 Å². The maximum Gasteiger partial charge on any atom is 0.277 e. The van der Waals surface area contributed by atoms with Gasteiger partial charge in [0, 0.05) is 11.6 Å². The molecule has 2 rings (SSSR count). The minimum Gasteiger partial charge on any atom is -0.495 e. The van der Waals surface area contributed by atoms with Crippen LogP contribution in [-0.4, -0.2) is 47.9 Å². The number of nitrogens with zero attached hydrogens (tertiary/aromatic N) is 1. The molecule has 0 atom stereocenters. The largest absolute Gasteiger partial charge is 0.495 e. The first-order chi connectivity index (χ1) is 10.5. The fourth-order valence-corrected chi connectivity index (χ4v) is 2.08. The van der Waals surface area contributed by atoms with E-state index in [9.17, 15) is 14.4 Å². The number of ether oxygens (including phenoxy) is 1. The van der Waals surface area contributed by atoms with Crippen molar-refractivity contribution < 1.29 is 24.2 Å². The highest BCUT2D eigenvalue weighted by molar-refractivity contribution is 6.17. The minimum absolute atomic E-state index is 0.0655. The van der Waals surface area contributed by atoms with Crippen LogP contribution in [0.2, 0.25) is 0 Å². The molecule has 2 amide bonds. The number of β-amino-alcohol motifs (C(OH)–C–C–N with tert-alkyl or cyclic N) is 1. The molecule has 1 aliphatic rings. The molecule has 7 nitrogen and oxygen atoms in total. The van der Waals surface area contributed by atoms with E-state index in [-0.39, 0.29) is 24.6 Å². The minimum atomic E-state index is -0.533. The van der Waals surface area contributed by atoms with E-state index in [1.807, 2.05) is 0 Å². The lowest BCUT2D eigenvalue weighted by Gasteiger charge is -2.15. The quantitative estimate of drug-likeness (QED) is 0.589. The number of benzene rings is 1. The van der Waals surface area contributed by atoms with Crippen molar-refractivity contribution in [2.75, 3.05) is 25.6 Å². The van der Waals surface area contributed by atoms with Gasteiger partial charge in [0.15, 0.2) is 5.78 Å². The van der Waals surface area contributed by atoms with Crippen LogP contribution >= 0.6 is 0 Å². The van der Waals surface area contributed by atoms with Gasteiger partial charge in [0.05, 0.1) is 25.9 Å². The summed E-state index contributed by atoms with van der Waals surface area (Å²) < 4.78 is 5.18. The molecule has 1 aromatic rings. The molecule has 2 N–H and O–H groups in total. The normalized spacial score (nSPS) is 14.1. The van der Waals surface area contributed by atoms with E-state index < -0.39 is 11.8 Å². The van der Waals surface area contributed by atoms with Crippen molar-refractivity contribution in [3.63, 3.8) is 0 Å². The molecule has 116 valence electrons. The number of aliphatic hydroxyl groups is 1. The summed E-state index contributed by atoms with van der Waals surface area (Å²) in [7, 11) is 1.46. The van der Waals surface area contributed by atoms with E-state index in [1.54, 1.807) is 18.2 Å². The summed E-state index contributed by atoms with van der Waals surface area (Å²) in [6.45, 7) is 1.06. The summed E-state index contributed by atoms with van der Waals surface area (Å²) in [6, 6.07) is 4.77. The molecule has 0 unspecified atom stereocenters. The van der Waals surface area contributed by atoms with Crippen molar-refractivity contribution in [2.24, 2.45) is 0 Å². The first kappa shape index (κ1) is 15.7. The second-order valence-electron chi connectivity index (χ2n) is 4.67. The predicted octanol–water partition coefficient (Wildman–Crippen LogP) is 0.555. The maximum absolute atomic E-state index is 12.1. The van der Waals surface area contributed by atoms with Crippen LogP contribution in [0.25, 0.3) is 0 Å². The molecule has 0 fully saturated rings. The standard InChI is InChI=1S/C15H16N2O5/c1-9(19)10-3-4-13(22-2)11(7-10)16-12-8-14(20)17(5-6-18)15(12)21/h3-4,7-8,16,18H,5-6H2,1-2H3. The molecule has 0 spiro atoms. The Bertz CT molecular complexity index is 666. The van der Waals surface area contributed by atoms with Gasteiger partial charge >= 0.3 is 0 Å². The van der Waals surface area contributed by atoms with E-state index in [1.165, 1.54) is 14.0 Å². The Morgan fingerprint density at radius 1 is 1.36 bits per heavy atom. The summed E-state index contributed by atoms with van der Waals surface area (Å²) >= 11 is 0. The van der Waals surface area contributed by atoms with Crippen LogP contribution in [0.5, 0.6) is 5.75 Å². The van der Waals surface area contributed by atoms with E-state index in [4.69, 9.17) is 9.84 Å². The first-order valence-electron chi connectivity index (χ1n) is 6.62. The zero-order valence-electron chi connectivity index (χ0n) is 12.3. The van der Waals surface area contributed by atoms with Gasteiger partial charge in [-0.1, -0.05) is 0 Å². The zero-order chi connectivity index (χ0) is 16.3. The molecule has 0 radical (unpaired) electrons. The van der Waals surface area contributed by atoms with Gasteiger partial charge in [-0.25, -0.2) is 0 Å². The van der Waals surface area contributed by atoms with Gasteiger partial charge in [0.2, 0.25) is 0 Å². The van der Waals surface area contributed by atoms with Crippen molar-refractivity contribution in [1.29, 1.82) is 0 Å². The summed E-state index contributed by atoms with van der Waals surface area (Å²) in [6.07, 6.45) is 1.15. The van der Waals surface area contributed by atoms with Crippen LogP contribution in [0.3, 0.4) is 0 Å². The number of rotatable bonds is 6. The molecule has 1 heterocycles. The van der Waals surface area contributed by atoms with Crippen LogP contribution in [0.1, 0.15) is 17.3 Å². The van der Waals surface area contributed by atoms with Crippen molar-refractivity contribution in [3.8, 4) is 5.75 Å². The molecule has 0 aromatic heterocycles. The van der Waals surface area contributed by atoms with Gasteiger partial charge in [-0.05, 0) is 25.1 Å². The number of amides is 2. The predicted molar refractivity (Wildman–Crippen MR) is 78.5 cm³/mol. The highest BCUT2D eigenvalue weighted by atomic mass is 16.5. The monoisotopic (exact) mass is 304 g/mol. The number of hydrogen-bond acceptors (Lipinski definition) is 6. The third kappa shape index (κ3) is 2.99. The Morgan fingerprint density at radius 3 is 2.68 bits per heavy atom. The molecule has 0 aliphatic carbocycles. The van der Waals surface area contributed by atoms with Crippen LogP contribution in [0.15, 0.2) is 30.0 Å². The average molecular weight is 304 g/mol. The lowest BCUT2D eigenvalue weighted by molar-refractivity contribution is -0.137. The Morgan fingerprint density at radius 2 is 2.09 bits per heavy atom. The van der Waals surface area contributed by atoms with Crippen LogP contribution in [0, 0.1) is 0 Å². The number of ketones is 1. The fraction of sp³-hybridized carbons (Fsp3) is 0.267. The zero-order valence-corrected chi connectivity index (χ0v) is 12.3. The van der Waals surface area contributed by atoms with E-state index >= 15 is 0 Å². The number of carbonyl (C=O) groups is 3. The lowest BCUT2D eigenvalue weighted by Crippen LogP contribution is -2.34. The average Bonchev–Trinajstić information content (AvgIpc) is 2.75. The molecular formula is C15H16N2O5. The maximum atomic E-state index is 12.1. The highest BCUT2D eigenvalue weighted by Crippen LogP contribution is 2.28.